The quantitative estimate of drug-likeness (QED) is 0.737. The molecule has 0 bridgehead atoms. The second kappa shape index (κ2) is 7.51. The van der Waals surface area contributed by atoms with Crippen LogP contribution in [0.5, 0.6) is 5.88 Å². The molecule has 0 unspecified atom stereocenters. The Labute approximate surface area is 151 Å². The van der Waals surface area contributed by atoms with E-state index < -0.39 is 5.82 Å². The number of carbonyl (C=O) groups is 1. The van der Waals surface area contributed by atoms with E-state index in [4.69, 9.17) is 4.74 Å². The Morgan fingerprint density at radius 2 is 2.12 bits per heavy atom. The number of methoxy groups -OCH3 is 1. The van der Waals surface area contributed by atoms with E-state index in [0.29, 0.717) is 35.6 Å². The summed E-state index contributed by atoms with van der Waals surface area (Å²) in [5.74, 6) is -0.255. The first-order valence-corrected chi connectivity index (χ1v) is 8.45. The van der Waals surface area contributed by atoms with Gasteiger partial charge in [-0.2, -0.15) is 0 Å². The molecule has 0 aliphatic carbocycles. The van der Waals surface area contributed by atoms with E-state index in [1.807, 2.05) is 24.5 Å². The Balaban J connectivity index is 2.07. The first kappa shape index (κ1) is 17.8. The summed E-state index contributed by atoms with van der Waals surface area (Å²) >= 11 is 0. The lowest BCUT2D eigenvalue weighted by atomic mass is 10.2. The third-order valence-electron chi connectivity index (χ3n) is 4.06. The highest BCUT2D eigenvalue weighted by Gasteiger charge is 2.18. The van der Waals surface area contributed by atoms with Crippen molar-refractivity contribution in [2.75, 3.05) is 13.7 Å². The minimum absolute atomic E-state index is 0.170. The largest absolute Gasteiger partial charge is 0.481 e. The molecule has 26 heavy (non-hydrogen) atoms. The summed E-state index contributed by atoms with van der Waals surface area (Å²) in [4.78, 5) is 20.9. The van der Waals surface area contributed by atoms with Gasteiger partial charge in [0.1, 0.15) is 11.3 Å². The first-order chi connectivity index (χ1) is 12.5. The van der Waals surface area contributed by atoms with E-state index in [1.54, 1.807) is 12.4 Å². The van der Waals surface area contributed by atoms with Crippen LogP contribution in [0.25, 0.3) is 11.0 Å². The predicted octanol–water partition coefficient (Wildman–Crippen LogP) is 3.08. The maximum atomic E-state index is 13.6. The molecule has 3 aromatic heterocycles. The molecule has 136 valence electrons. The van der Waals surface area contributed by atoms with Gasteiger partial charge in [0.2, 0.25) is 5.88 Å². The highest BCUT2D eigenvalue weighted by atomic mass is 19.1. The van der Waals surface area contributed by atoms with Crippen LogP contribution in [0, 0.1) is 12.7 Å². The number of rotatable bonds is 6. The third-order valence-corrected chi connectivity index (χ3v) is 4.06. The lowest BCUT2D eigenvalue weighted by molar-refractivity contribution is 0.0955. The summed E-state index contributed by atoms with van der Waals surface area (Å²) in [5, 5.41) is 2.87. The maximum Gasteiger partial charge on any atom is 0.255 e. The number of nitrogens with zero attached hydrogens (tertiary/aromatic N) is 3. The van der Waals surface area contributed by atoms with Gasteiger partial charge in [-0.25, -0.2) is 9.37 Å². The van der Waals surface area contributed by atoms with Gasteiger partial charge in [-0.3, -0.25) is 9.78 Å². The molecule has 0 saturated heterocycles. The second-order valence-corrected chi connectivity index (χ2v) is 6.13. The molecule has 1 N–H and O–H groups in total. The van der Waals surface area contributed by atoms with Gasteiger partial charge in [0.15, 0.2) is 0 Å². The molecule has 0 saturated carbocycles. The Morgan fingerprint density at radius 1 is 1.31 bits per heavy atom. The molecule has 3 rings (SSSR count). The van der Waals surface area contributed by atoms with E-state index in [2.05, 4.69) is 15.3 Å². The third kappa shape index (κ3) is 3.51. The topological polar surface area (TPSA) is 69.0 Å². The smallest absolute Gasteiger partial charge is 0.255 e. The van der Waals surface area contributed by atoms with Crippen molar-refractivity contribution in [1.29, 1.82) is 0 Å². The summed E-state index contributed by atoms with van der Waals surface area (Å²) in [6.45, 7) is 4.84. The van der Waals surface area contributed by atoms with Crippen molar-refractivity contribution in [3.63, 3.8) is 0 Å². The van der Waals surface area contributed by atoms with Crippen LogP contribution in [0.1, 0.15) is 34.8 Å². The zero-order chi connectivity index (χ0) is 18.7. The molecule has 1 amide bonds. The average Bonchev–Trinajstić information content (AvgIpc) is 2.97. The van der Waals surface area contributed by atoms with Crippen molar-refractivity contribution in [2.24, 2.45) is 0 Å². The average molecular weight is 356 g/mol. The SMILES string of the molecule is CCCNC(=O)c1cn(Cc2cc(F)cnc2OC)c2cc(C)cnc12. The highest BCUT2D eigenvalue weighted by Crippen LogP contribution is 2.24. The number of halogens is 1. The zero-order valence-corrected chi connectivity index (χ0v) is 15.0. The first-order valence-electron chi connectivity index (χ1n) is 8.45. The van der Waals surface area contributed by atoms with Crippen molar-refractivity contribution in [2.45, 2.75) is 26.8 Å². The van der Waals surface area contributed by atoms with E-state index >= 15 is 0 Å². The van der Waals surface area contributed by atoms with Crippen LogP contribution in [0.4, 0.5) is 4.39 Å². The molecule has 0 atom stereocenters. The Kier molecular flexibility index (Phi) is 5.16. The molecule has 0 aliphatic rings. The number of nitrogens with one attached hydrogen (secondary N) is 1. The van der Waals surface area contributed by atoms with Crippen LogP contribution >= 0.6 is 0 Å². The van der Waals surface area contributed by atoms with Gasteiger partial charge in [0.05, 0.1) is 30.9 Å². The molecule has 0 aromatic carbocycles. The van der Waals surface area contributed by atoms with E-state index in [0.717, 1.165) is 23.7 Å². The number of aryl methyl sites for hydroxylation is 1. The number of carbonyl (C=O) groups excluding carboxylic acids is 1. The highest BCUT2D eigenvalue weighted by molar-refractivity contribution is 6.05. The second-order valence-electron chi connectivity index (χ2n) is 6.13. The van der Waals surface area contributed by atoms with Gasteiger partial charge in [-0.15, -0.1) is 0 Å². The van der Waals surface area contributed by atoms with Crippen LogP contribution in [0.2, 0.25) is 0 Å². The van der Waals surface area contributed by atoms with Crippen molar-refractivity contribution < 1.29 is 13.9 Å². The van der Waals surface area contributed by atoms with Crippen LogP contribution in [-0.2, 0) is 6.54 Å². The summed E-state index contributed by atoms with van der Waals surface area (Å²) in [6.07, 6.45) is 5.44. The van der Waals surface area contributed by atoms with Gasteiger partial charge < -0.3 is 14.6 Å². The van der Waals surface area contributed by atoms with Gasteiger partial charge in [-0.1, -0.05) is 6.92 Å². The number of hydrogen-bond acceptors (Lipinski definition) is 4. The monoisotopic (exact) mass is 356 g/mol. The summed E-state index contributed by atoms with van der Waals surface area (Å²) in [7, 11) is 1.49. The van der Waals surface area contributed by atoms with Crippen LogP contribution in [0.15, 0.2) is 30.7 Å². The molecule has 0 spiro atoms. The molecule has 7 heteroatoms. The lowest BCUT2D eigenvalue weighted by Crippen LogP contribution is -2.23. The number of hydrogen-bond donors (Lipinski definition) is 1. The van der Waals surface area contributed by atoms with Crippen molar-refractivity contribution in [3.8, 4) is 5.88 Å². The molecule has 3 aromatic rings. The molecule has 3 heterocycles. The molecular formula is C19H21FN4O2. The predicted molar refractivity (Wildman–Crippen MR) is 96.9 cm³/mol. The number of ether oxygens (including phenoxy) is 1. The Bertz CT molecular complexity index is 952. The Morgan fingerprint density at radius 3 is 2.85 bits per heavy atom. The van der Waals surface area contributed by atoms with Gasteiger partial charge in [-0.05, 0) is 31.0 Å². The maximum absolute atomic E-state index is 13.6. The van der Waals surface area contributed by atoms with E-state index in [9.17, 15) is 9.18 Å². The number of aromatic nitrogens is 3. The molecule has 0 radical (unpaired) electrons. The standard InChI is InChI=1S/C19H21FN4O2/c1-4-5-21-18(25)15-11-24(16-6-12(2)8-22-17(15)16)10-13-7-14(20)9-23-19(13)26-3/h6-9,11H,4-5,10H2,1-3H3,(H,21,25). The summed E-state index contributed by atoms with van der Waals surface area (Å²) < 4.78 is 20.7. The number of pyridine rings is 2. The van der Waals surface area contributed by atoms with Crippen LogP contribution in [-0.4, -0.2) is 34.1 Å². The minimum atomic E-state index is -0.438. The van der Waals surface area contributed by atoms with E-state index in [1.165, 1.54) is 13.2 Å². The Hall–Kier alpha value is -2.96. The fourth-order valence-electron chi connectivity index (χ4n) is 2.85. The summed E-state index contributed by atoms with van der Waals surface area (Å²) in [5.41, 5.74) is 3.48. The fourth-order valence-corrected chi connectivity index (χ4v) is 2.85. The van der Waals surface area contributed by atoms with Crippen molar-refractivity contribution in [3.05, 3.63) is 53.2 Å². The van der Waals surface area contributed by atoms with E-state index in [-0.39, 0.29) is 5.91 Å². The normalized spacial score (nSPS) is 10.9. The van der Waals surface area contributed by atoms with Gasteiger partial charge >= 0.3 is 0 Å². The number of amides is 1. The van der Waals surface area contributed by atoms with Gasteiger partial charge in [0.25, 0.3) is 5.91 Å². The van der Waals surface area contributed by atoms with Crippen molar-refractivity contribution in [1.82, 2.24) is 19.9 Å². The minimum Gasteiger partial charge on any atom is -0.481 e. The molecule has 0 fully saturated rings. The molecular weight excluding hydrogens is 335 g/mol. The fraction of sp³-hybridized carbons (Fsp3) is 0.316. The summed E-state index contributed by atoms with van der Waals surface area (Å²) in [6, 6.07) is 3.34. The zero-order valence-electron chi connectivity index (χ0n) is 15.0. The molecule has 0 aliphatic heterocycles. The van der Waals surface area contributed by atoms with Crippen LogP contribution in [0.3, 0.4) is 0 Å². The van der Waals surface area contributed by atoms with Crippen LogP contribution < -0.4 is 10.1 Å². The lowest BCUT2D eigenvalue weighted by Gasteiger charge is -2.09. The van der Waals surface area contributed by atoms with Gasteiger partial charge in [0, 0.05) is 24.5 Å². The molecule has 6 nitrogen and oxygen atoms in total. The number of fused-ring (bicyclic) bond motifs is 1. The van der Waals surface area contributed by atoms with Crippen molar-refractivity contribution >= 4 is 16.9 Å².